The minimum absolute atomic E-state index is 0.242. The summed E-state index contributed by atoms with van der Waals surface area (Å²) in [7, 11) is 1.81. The third-order valence-electron chi connectivity index (χ3n) is 11.3. The number of aromatic nitrogens is 7. The fourth-order valence-electron chi connectivity index (χ4n) is 8.30. The molecule has 0 atom stereocenters. The number of pyridine rings is 1. The first-order chi connectivity index (χ1) is 25.9. The van der Waals surface area contributed by atoms with Crippen LogP contribution in [0.4, 0.5) is 22.0 Å². The highest BCUT2D eigenvalue weighted by Crippen LogP contribution is 2.35. The molecule has 1 aromatic carbocycles. The number of nitrogens with zero attached hydrogens (tertiary/aromatic N) is 9. The number of carbonyl (C=O) groups is 3. The average Bonchev–Trinajstić information content (AvgIpc) is 3.92. The van der Waals surface area contributed by atoms with Crippen molar-refractivity contribution in [3.8, 4) is 0 Å². The van der Waals surface area contributed by atoms with Gasteiger partial charge in [-0.25, -0.2) is 19.3 Å². The monoisotopic (exact) mass is 714 g/mol. The fourth-order valence-corrected chi connectivity index (χ4v) is 8.30. The second kappa shape index (κ2) is 13.6. The van der Waals surface area contributed by atoms with Crippen molar-refractivity contribution in [2.45, 2.75) is 56.9 Å². The Kier molecular flexibility index (Phi) is 8.49. The molecule has 7 heterocycles. The molecule has 3 aliphatic rings. The molecule has 1 aliphatic carbocycles. The molecule has 4 amide bonds. The van der Waals surface area contributed by atoms with Gasteiger partial charge < -0.3 is 15.5 Å². The van der Waals surface area contributed by atoms with Crippen LogP contribution < -0.4 is 20.9 Å². The SMILES string of the molecule is CNc1cnc2c(C(=O)Nc3ccc4nn(C5CCC(CN6CCC(c7ccn8c(N9CCC(=O)NC9=O)cnc8c7)CC6)CC5)cc4c3)cnn2c1. The molecule has 3 fully saturated rings. The van der Waals surface area contributed by atoms with Crippen LogP contribution in [0.1, 0.15) is 72.8 Å². The predicted octanol–water partition coefficient (Wildman–Crippen LogP) is 5.08. The number of likely N-dealkylation sites (tertiary alicyclic amines) is 1. The fraction of sp³-hybridized carbons (Fsp3) is 0.395. The zero-order valence-corrected chi connectivity index (χ0v) is 29.6. The van der Waals surface area contributed by atoms with Gasteiger partial charge in [0.05, 0.1) is 42.0 Å². The lowest BCUT2D eigenvalue weighted by Crippen LogP contribution is -2.50. The van der Waals surface area contributed by atoms with E-state index in [0.29, 0.717) is 47.1 Å². The van der Waals surface area contributed by atoms with Crippen molar-refractivity contribution in [2.24, 2.45) is 5.92 Å². The first-order valence-electron chi connectivity index (χ1n) is 18.5. The van der Waals surface area contributed by atoms with Crippen LogP contribution in [0.5, 0.6) is 0 Å². The number of amides is 4. The standard InChI is InChI=1S/C38H42N12O3/c1-39-29-18-41-36-31(19-42-50(36)23-29)37(52)43-28-4-7-32-27(16-28)22-49(45-32)30-5-2-24(3-6-30)21-46-12-8-25(9-13-46)26-10-14-47-33(17-26)40-20-35(47)48-15-11-34(51)44-38(48)53/h4,7,10,14,16-20,22-25,30,39H,2-3,5-6,8-9,11-13,15,21H2,1H3,(H,43,52)(H,44,51,53). The summed E-state index contributed by atoms with van der Waals surface area (Å²) in [5.74, 6) is 1.36. The van der Waals surface area contributed by atoms with E-state index in [9.17, 15) is 14.4 Å². The maximum absolute atomic E-state index is 13.1. The molecular weight excluding hydrogens is 672 g/mol. The Balaban J connectivity index is 0.765. The molecule has 6 aromatic rings. The van der Waals surface area contributed by atoms with Gasteiger partial charge in [0.15, 0.2) is 5.65 Å². The van der Waals surface area contributed by atoms with E-state index in [1.165, 1.54) is 24.6 Å². The first kappa shape index (κ1) is 33.0. The van der Waals surface area contributed by atoms with Gasteiger partial charge in [0, 0.05) is 50.0 Å². The highest BCUT2D eigenvalue weighted by molar-refractivity contribution is 6.08. The van der Waals surface area contributed by atoms with Gasteiger partial charge in [-0.05, 0) is 99.3 Å². The van der Waals surface area contributed by atoms with Gasteiger partial charge in [-0.3, -0.25) is 28.9 Å². The third kappa shape index (κ3) is 6.45. The van der Waals surface area contributed by atoms with Crippen molar-refractivity contribution in [3.63, 3.8) is 0 Å². The number of hydrogen-bond acceptors (Lipinski definition) is 9. The number of hydrogen-bond donors (Lipinski definition) is 3. The molecule has 15 heteroatoms. The average molecular weight is 715 g/mol. The molecule has 2 saturated heterocycles. The summed E-state index contributed by atoms with van der Waals surface area (Å²) in [5.41, 5.74) is 5.47. The van der Waals surface area contributed by atoms with Crippen molar-refractivity contribution in [3.05, 3.63) is 78.6 Å². The molecule has 0 spiro atoms. The van der Waals surface area contributed by atoms with Crippen molar-refractivity contribution in [1.29, 1.82) is 0 Å². The molecule has 9 rings (SSSR count). The molecule has 5 aromatic heterocycles. The molecule has 2 aliphatic heterocycles. The van der Waals surface area contributed by atoms with Crippen LogP contribution in [0, 0.1) is 5.92 Å². The van der Waals surface area contributed by atoms with Gasteiger partial charge >= 0.3 is 6.03 Å². The van der Waals surface area contributed by atoms with Crippen LogP contribution in [0.25, 0.3) is 22.2 Å². The van der Waals surface area contributed by atoms with Gasteiger partial charge in [-0.15, -0.1) is 0 Å². The number of rotatable bonds is 8. The van der Waals surface area contributed by atoms with E-state index in [0.717, 1.165) is 67.6 Å². The van der Waals surface area contributed by atoms with Gasteiger partial charge in [-0.2, -0.15) is 10.2 Å². The zero-order valence-electron chi connectivity index (χ0n) is 29.6. The Morgan fingerprint density at radius 3 is 2.58 bits per heavy atom. The second-order valence-corrected chi connectivity index (χ2v) is 14.6. The van der Waals surface area contributed by atoms with Crippen LogP contribution >= 0.6 is 0 Å². The lowest BCUT2D eigenvalue weighted by atomic mass is 9.84. The second-order valence-electron chi connectivity index (χ2n) is 14.6. The Morgan fingerprint density at radius 1 is 0.925 bits per heavy atom. The van der Waals surface area contributed by atoms with Crippen LogP contribution in [0.3, 0.4) is 0 Å². The van der Waals surface area contributed by atoms with Gasteiger partial charge in [0.2, 0.25) is 5.91 Å². The number of nitrogens with one attached hydrogen (secondary N) is 3. The summed E-state index contributed by atoms with van der Waals surface area (Å²) in [5, 5.41) is 18.6. The summed E-state index contributed by atoms with van der Waals surface area (Å²) in [6, 6.07) is 10.1. The Bertz CT molecular complexity index is 2340. The quantitative estimate of drug-likeness (QED) is 0.196. The van der Waals surface area contributed by atoms with E-state index in [2.05, 4.69) is 58.9 Å². The highest BCUT2D eigenvalue weighted by Gasteiger charge is 2.29. The predicted molar refractivity (Wildman–Crippen MR) is 200 cm³/mol. The summed E-state index contributed by atoms with van der Waals surface area (Å²) in [6.45, 7) is 3.68. The number of benzene rings is 1. The number of piperidine rings is 1. The normalized spacial score (nSPS) is 20.4. The molecule has 0 radical (unpaired) electrons. The molecule has 15 nitrogen and oxygen atoms in total. The largest absolute Gasteiger partial charge is 0.386 e. The molecule has 0 unspecified atom stereocenters. The summed E-state index contributed by atoms with van der Waals surface area (Å²) in [6.07, 6.45) is 18.0. The van der Waals surface area contributed by atoms with Crippen molar-refractivity contribution < 1.29 is 14.4 Å². The van der Waals surface area contributed by atoms with Crippen molar-refractivity contribution >= 4 is 57.2 Å². The van der Waals surface area contributed by atoms with Gasteiger partial charge in [0.25, 0.3) is 5.91 Å². The number of anilines is 3. The summed E-state index contributed by atoms with van der Waals surface area (Å²) in [4.78, 5) is 50.3. The van der Waals surface area contributed by atoms with E-state index in [4.69, 9.17) is 5.10 Å². The van der Waals surface area contributed by atoms with Gasteiger partial charge in [-0.1, -0.05) is 0 Å². The lowest BCUT2D eigenvalue weighted by Gasteiger charge is -2.36. The van der Waals surface area contributed by atoms with E-state index in [-0.39, 0.29) is 18.2 Å². The number of imide groups is 1. The maximum Gasteiger partial charge on any atom is 0.329 e. The molecule has 3 N–H and O–H groups in total. The highest BCUT2D eigenvalue weighted by atomic mass is 16.2. The van der Waals surface area contributed by atoms with E-state index >= 15 is 0 Å². The van der Waals surface area contributed by atoms with Crippen LogP contribution in [0.15, 0.2) is 67.5 Å². The van der Waals surface area contributed by atoms with Crippen LogP contribution in [-0.2, 0) is 4.79 Å². The van der Waals surface area contributed by atoms with Gasteiger partial charge in [0.1, 0.15) is 17.0 Å². The van der Waals surface area contributed by atoms with Crippen LogP contribution in [-0.4, -0.2) is 89.7 Å². The Morgan fingerprint density at radius 2 is 1.77 bits per heavy atom. The Labute approximate surface area is 305 Å². The number of carbonyl (C=O) groups excluding carboxylic acids is 3. The Hall–Kier alpha value is -5.83. The summed E-state index contributed by atoms with van der Waals surface area (Å²) < 4.78 is 5.66. The smallest absolute Gasteiger partial charge is 0.329 e. The topological polar surface area (TPSA) is 159 Å². The molecule has 272 valence electrons. The summed E-state index contributed by atoms with van der Waals surface area (Å²) >= 11 is 0. The minimum atomic E-state index is -0.399. The van der Waals surface area contributed by atoms with E-state index in [1.807, 2.05) is 35.8 Å². The zero-order chi connectivity index (χ0) is 36.1. The number of urea groups is 1. The van der Waals surface area contributed by atoms with Crippen molar-refractivity contribution in [2.75, 3.05) is 48.8 Å². The van der Waals surface area contributed by atoms with E-state index in [1.54, 1.807) is 28.0 Å². The molecule has 0 bridgehead atoms. The number of imidazole rings is 1. The first-order valence-corrected chi connectivity index (χ1v) is 18.5. The lowest BCUT2D eigenvalue weighted by molar-refractivity contribution is -0.120. The molecule has 53 heavy (non-hydrogen) atoms. The number of fused-ring (bicyclic) bond motifs is 3. The molecule has 1 saturated carbocycles. The van der Waals surface area contributed by atoms with Crippen LogP contribution in [0.2, 0.25) is 0 Å². The molecular formula is C38H42N12O3. The maximum atomic E-state index is 13.1. The minimum Gasteiger partial charge on any atom is -0.386 e. The van der Waals surface area contributed by atoms with Crippen molar-refractivity contribution in [1.82, 2.24) is 44.0 Å². The van der Waals surface area contributed by atoms with E-state index < -0.39 is 6.03 Å². The third-order valence-corrected chi connectivity index (χ3v) is 11.3.